The minimum Gasteiger partial charge on any atom is -0.455 e. The smallest absolute Gasteiger partial charge is 0.247 e. The maximum atomic E-state index is 12.9. The SMILES string of the molecule is CCCSc1nnc2c(n1)OC(c1ccc(-c3ccc(C)c(Cl)c3)o1)N(C(C)=O)c1ccccc1-2. The first-order valence-corrected chi connectivity index (χ1v) is 12.6. The van der Waals surface area contributed by atoms with E-state index in [0.29, 0.717) is 44.5 Å². The molecular formula is C26H23ClN4O3S. The Hall–Kier alpha value is -3.36. The van der Waals surface area contributed by atoms with Gasteiger partial charge in [0.2, 0.25) is 23.2 Å². The molecule has 35 heavy (non-hydrogen) atoms. The van der Waals surface area contributed by atoms with Crippen LogP contribution in [0.2, 0.25) is 5.02 Å². The molecule has 0 saturated heterocycles. The number of fused-ring (bicyclic) bond motifs is 3. The molecule has 178 valence electrons. The molecule has 1 aliphatic heterocycles. The molecule has 1 aliphatic rings. The number of furan rings is 1. The van der Waals surface area contributed by atoms with Crippen molar-refractivity contribution in [3.05, 3.63) is 70.9 Å². The summed E-state index contributed by atoms with van der Waals surface area (Å²) in [5, 5.41) is 9.88. The Labute approximate surface area is 212 Å². The number of anilines is 1. The van der Waals surface area contributed by atoms with E-state index in [0.717, 1.165) is 23.3 Å². The second-order valence-corrected chi connectivity index (χ2v) is 9.61. The molecule has 1 atom stereocenters. The number of rotatable bonds is 5. The van der Waals surface area contributed by atoms with E-state index < -0.39 is 6.23 Å². The molecule has 2 aromatic carbocycles. The highest BCUT2D eigenvalue weighted by atomic mass is 35.5. The summed E-state index contributed by atoms with van der Waals surface area (Å²) in [5.41, 5.74) is 3.65. The Kier molecular flexibility index (Phi) is 6.49. The molecule has 0 fully saturated rings. The molecule has 9 heteroatoms. The molecule has 7 nitrogen and oxygen atoms in total. The molecule has 0 N–H and O–H groups in total. The second-order valence-electron chi connectivity index (χ2n) is 8.14. The van der Waals surface area contributed by atoms with E-state index in [2.05, 4.69) is 22.1 Å². The van der Waals surface area contributed by atoms with Crippen LogP contribution in [0.5, 0.6) is 5.88 Å². The van der Waals surface area contributed by atoms with Crippen LogP contribution in [0.4, 0.5) is 5.69 Å². The Bertz CT molecular complexity index is 1410. The molecule has 0 radical (unpaired) electrons. The van der Waals surface area contributed by atoms with Gasteiger partial charge in [-0.2, -0.15) is 4.98 Å². The number of nitrogens with zero attached hydrogens (tertiary/aromatic N) is 4. The van der Waals surface area contributed by atoms with Crippen LogP contribution in [0.3, 0.4) is 0 Å². The maximum absolute atomic E-state index is 12.9. The van der Waals surface area contributed by atoms with E-state index in [9.17, 15) is 4.79 Å². The summed E-state index contributed by atoms with van der Waals surface area (Å²) in [6.07, 6.45) is 0.0959. The lowest BCUT2D eigenvalue weighted by Crippen LogP contribution is -2.35. The molecule has 1 amide bonds. The summed E-state index contributed by atoms with van der Waals surface area (Å²) in [6.45, 7) is 5.53. The van der Waals surface area contributed by atoms with Crippen LogP contribution in [0.15, 0.2) is 64.2 Å². The van der Waals surface area contributed by atoms with E-state index in [1.807, 2.05) is 55.5 Å². The third-order valence-corrected chi connectivity index (χ3v) is 7.06. The molecular weight excluding hydrogens is 484 g/mol. The van der Waals surface area contributed by atoms with E-state index >= 15 is 0 Å². The van der Waals surface area contributed by atoms with Gasteiger partial charge in [0.1, 0.15) is 5.76 Å². The highest BCUT2D eigenvalue weighted by Crippen LogP contribution is 2.44. The maximum Gasteiger partial charge on any atom is 0.247 e. The number of aryl methyl sites for hydroxylation is 1. The number of halogens is 1. The van der Waals surface area contributed by atoms with Crippen molar-refractivity contribution in [2.45, 2.75) is 38.6 Å². The van der Waals surface area contributed by atoms with Crippen molar-refractivity contribution in [3.63, 3.8) is 0 Å². The van der Waals surface area contributed by atoms with Crippen LogP contribution >= 0.6 is 23.4 Å². The number of benzene rings is 2. The number of carbonyl (C=O) groups excluding carboxylic acids is 1. The van der Waals surface area contributed by atoms with Gasteiger partial charge in [0.15, 0.2) is 11.5 Å². The highest BCUT2D eigenvalue weighted by Gasteiger charge is 2.36. The van der Waals surface area contributed by atoms with Gasteiger partial charge in [-0.25, -0.2) is 0 Å². The number of carbonyl (C=O) groups is 1. The molecule has 0 spiro atoms. The normalized spacial score (nSPS) is 14.6. The number of thioether (sulfide) groups is 1. The van der Waals surface area contributed by atoms with Gasteiger partial charge in [-0.3, -0.25) is 9.69 Å². The number of para-hydroxylation sites is 1. The molecule has 0 saturated carbocycles. The van der Waals surface area contributed by atoms with Crippen molar-refractivity contribution in [3.8, 4) is 28.5 Å². The number of ether oxygens (including phenoxy) is 1. The van der Waals surface area contributed by atoms with Crippen molar-refractivity contribution in [1.82, 2.24) is 15.2 Å². The van der Waals surface area contributed by atoms with Gasteiger partial charge in [0, 0.05) is 28.8 Å². The lowest BCUT2D eigenvalue weighted by molar-refractivity contribution is -0.118. The van der Waals surface area contributed by atoms with Crippen molar-refractivity contribution in [2.75, 3.05) is 10.7 Å². The van der Waals surface area contributed by atoms with E-state index in [4.69, 9.17) is 20.8 Å². The fourth-order valence-electron chi connectivity index (χ4n) is 3.88. The molecule has 2 aromatic heterocycles. The van der Waals surface area contributed by atoms with Crippen LogP contribution in [0.1, 0.15) is 37.8 Å². The summed E-state index contributed by atoms with van der Waals surface area (Å²) < 4.78 is 12.6. The first-order chi connectivity index (χ1) is 17.0. The topological polar surface area (TPSA) is 81.3 Å². The average Bonchev–Trinajstić information content (AvgIpc) is 3.29. The molecule has 3 heterocycles. The lowest BCUT2D eigenvalue weighted by Gasteiger charge is -2.28. The van der Waals surface area contributed by atoms with Gasteiger partial charge in [-0.05, 0) is 43.2 Å². The zero-order valence-corrected chi connectivity index (χ0v) is 21.1. The summed E-state index contributed by atoms with van der Waals surface area (Å²) in [6, 6.07) is 16.9. The number of hydrogen-bond acceptors (Lipinski definition) is 7. The quantitative estimate of drug-likeness (QED) is 0.278. The Morgan fingerprint density at radius 3 is 2.74 bits per heavy atom. The van der Waals surface area contributed by atoms with Gasteiger partial charge in [-0.1, -0.05) is 60.6 Å². The Balaban J connectivity index is 1.62. The van der Waals surface area contributed by atoms with Gasteiger partial charge >= 0.3 is 0 Å². The fourth-order valence-corrected chi connectivity index (χ4v) is 4.69. The zero-order valence-electron chi connectivity index (χ0n) is 19.5. The van der Waals surface area contributed by atoms with E-state index in [1.54, 1.807) is 11.0 Å². The first kappa shape index (κ1) is 23.4. The number of amides is 1. The molecule has 5 rings (SSSR count). The molecule has 0 bridgehead atoms. The standard InChI is InChI=1S/C26H23ClN4O3S/c1-4-13-35-26-28-24-23(29-30-26)18-7-5-6-8-20(18)31(16(3)32)25(34-24)22-12-11-21(33-22)17-10-9-15(2)19(27)14-17/h5-12,14,25H,4,13H2,1-3H3. The lowest BCUT2D eigenvalue weighted by atomic mass is 10.1. The van der Waals surface area contributed by atoms with Crippen molar-refractivity contribution >= 4 is 35.0 Å². The molecule has 1 unspecified atom stereocenters. The van der Waals surface area contributed by atoms with Gasteiger partial charge in [0.25, 0.3) is 0 Å². The predicted molar refractivity (Wildman–Crippen MR) is 137 cm³/mol. The van der Waals surface area contributed by atoms with E-state index in [-0.39, 0.29) is 5.91 Å². The van der Waals surface area contributed by atoms with Gasteiger partial charge < -0.3 is 9.15 Å². The molecule has 4 aromatic rings. The minimum absolute atomic E-state index is 0.208. The second kappa shape index (κ2) is 9.71. The van der Waals surface area contributed by atoms with Crippen LogP contribution in [0.25, 0.3) is 22.6 Å². The first-order valence-electron chi connectivity index (χ1n) is 11.3. The summed E-state index contributed by atoms with van der Waals surface area (Å²) >= 11 is 7.83. The van der Waals surface area contributed by atoms with E-state index in [1.165, 1.54) is 18.7 Å². The summed E-state index contributed by atoms with van der Waals surface area (Å²) in [4.78, 5) is 19.1. The largest absolute Gasteiger partial charge is 0.455 e. The van der Waals surface area contributed by atoms with Crippen LogP contribution in [-0.4, -0.2) is 26.8 Å². The van der Waals surface area contributed by atoms with Crippen LogP contribution in [0, 0.1) is 6.92 Å². The van der Waals surface area contributed by atoms with Crippen LogP contribution in [-0.2, 0) is 4.79 Å². The van der Waals surface area contributed by atoms with Crippen LogP contribution < -0.4 is 9.64 Å². The van der Waals surface area contributed by atoms with Crippen molar-refractivity contribution in [1.29, 1.82) is 0 Å². The van der Waals surface area contributed by atoms with Crippen molar-refractivity contribution < 1.29 is 13.9 Å². The van der Waals surface area contributed by atoms with Crippen molar-refractivity contribution in [2.24, 2.45) is 0 Å². The number of aromatic nitrogens is 3. The fraction of sp³-hybridized carbons (Fsp3) is 0.231. The highest BCUT2D eigenvalue weighted by molar-refractivity contribution is 7.99. The summed E-state index contributed by atoms with van der Waals surface area (Å²) in [7, 11) is 0. The Morgan fingerprint density at radius 2 is 1.97 bits per heavy atom. The summed E-state index contributed by atoms with van der Waals surface area (Å²) in [5.74, 6) is 2.03. The monoisotopic (exact) mass is 506 g/mol. The van der Waals surface area contributed by atoms with Gasteiger partial charge in [0.05, 0.1) is 5.69 Å². The number of hydrogen-bond donors (Lipinski definition) is 0. The van der Waals surface area contributed by atoms with Gasteiger partial charge in [-0.15, -0.1) is 10.2 Å². The molecule has 0 aliphatic carbocycles. The minimum atomic E-state index is -0.884. The average molecular weight is 507 g/mol. The zero-order chi connectivity index (χ0) is 24.5. The third-order valence-electron chi connectivity index (χ3n) is 5.61. The third kappa shape index (κ3) is 4.51. The predicted octanol–water partition coefficient (Wildman–Crippen LogP) is 6.71. The Morgan fingerprint density at radius 1 is 1.14 bits per heavy atom.